The van der Waals surface area contributed by atoms with Crippen molar-refractivity contribution >= 4 is 27.5 Å². The molecule has 0 fully saturated rings. The number of benzene rings is 1. The van der Waals surface area contributed by atoms with Crippen molar-refractivity contribution in [3.63, 3.8) is 0 Å². The summed E-state index contributed by atoms with van der Waals surface area (Å²) in [5, 5.41) is 14.8. The molecule has 6 heteroatoms. The van der Waals surface area contributed by atoms with Gasteiger partial charge in [0.25, 0.3) is 0 Å². The molecule has 1 N–H and O–H groups in total. The van der Waals surface area contributed by atoms with Crippen molar-refractivity contribution in [3.8, 4) is 11.4 Å². The van der Waals surface area contributed by atoms with Gasteiger partial charge in [-0.1, -0.05) is 27.5 Å². The fraction of sp³-hybridized carbons (Fsp3) is 0.385. The molecule has 0 amide bonds. The zero-order valence-corrected chi connectivity index (χ0v) is 13.3. The molecule has 0 aliphatic heterocycles. The van der Waals surface area contributed by atoms with Crippen molar-refractivity contribution < 1.29 is 5.11 Å². The lowest BCUT2D eigenvalue weighted by Crippen LogP contribution is -2.27. The summed E-state index contributed by atoms with van der Waals surface area (Å²) >= 11 is 9.55. The summed E-state index contributed by atoms with van der Waals surface area (Å²) in [7, 11) is 0. The van der Waals surface area contributed by atoms with Gasteiger partial charge in [-0.25, -0.2) is 9.67 Å². The molecule has 2 aromatic rings. The molecule has 0 saturated heterocycles. The molecule has 0 aliphatic rings. The van der Waals surface area contributed by atoms with Gasteiger partial charge in [0.15, 0.2) is 5.82 Å². The van der Waals surface area contributed by atoms with Gasteiger partial charge in [0.05, 0.1) is 17.2 Å². The first-order chi connectivity index (χ1) is 8.76. The number of aryl methyl sites for hydroxylation is 1. The van der Waals surface area contributed by atoms with Crippen LogP contribution in [0.2, 0.25) is 5.02 Å². The first-order valence-electron chi connectivity index (χ1n) is 5.85. The van der Waals surface area contributed by atoms with E-state index in [0.29, 0.717) is 17.4 Å². The lowest BCUT2D eigenvalue weighted by molar-refractivity contribution is 0.0570. The van der Waals surface area contributed by atoms with Crippen molar-refractivity contribution in [1.29, 1.82) is 0 Å². The number of aliphatic hydroxyl groups is 1. The molecule has 0 radical (unpaired) electrons. The zero-order chi connectivity index (χ0) is 14.2. The van der Waals surface area contributed by atoms with E-state index in [0.717, 1.165) is 15.9 Å². The summed E-state index contributed by atoms with van der Waals surface area (Å²) in [6.45, 7) is 5.72. The molecular formula is C13H15BrClN3O. The SMILES string of the molecule is Cc1nc(-c2ccc(Br)cc2Cl)nn1CC(C)(C)O. The lowest BCUT2D eigenvalue weighted by atomic mass is 10.1. The van der Waals surface area contributed by atoms with E-state index in [1.165, 1.54) is 0 Å². The first kappa shape index (κ1) is 14.5. The Morgan fingerprint density at radius 2 is 2.11 bits per heavy atom. The Hall–Kier alpha value is -0.910. The van der Waals surface area contributed by atoms with Crippen LogP contribution in [-0.4, -0.2) is 25.5 Å². The number of hydrogen-bond acceptors (Lipinski definition) is 3. The summed E-state index contributed by atoms with van der Waals surface area (Å²) in [5.74, 6) is 1.32. The highest BCUT2D eigenvalue weighted by Crippen LogP contribution is 2.28. The Balaban J connectivity index is 2.39. The third-order valence-electron chi connectivity index (χ3n) is 2.57. The van der Waals surface area contributed by atoms with Gasteiger partial charge < -0.3 is 5.11 Å². The quantitative estimate of drug-likeness (QED) is 0.928. The van der Waals surface area contributed by atoms with Crippen LogP contribution in [0.25, 0.3) is 11.4 Å². The average Bonchev–Trinajstić information content (AvgIpc) is 2.57. The van der Waals surface area contributed by atoms with E-state index >= 15 is 0 Å². The number of rotatable bonds is 3. The molecule has 0 aliphatic carbocycles. The van der Waals surface area contributed by atoms with E-state index in [-0.39, 0.29) is 0 Å². The summed E-state index contributed by atoms with van der Waals surface area (Å²) in [4.78, 5) is 4.40. The maximum atomic E-state index is 9.85. The topological polar surface area (TPSA) is 50.9 Å². The van der Waals surface area contributed by atoms with Crippen molar-refractivity contribution in [2.75, 3.05) is 0 Å². The van der Waals surface area contributed by atoms with Gasteiger partial charge in [-0.15, -0.1) is 0 Å². The van der Waals surface area contributed by atoms with Gasteiger partial charge in [-0.3, -0.25) is 0 Å². The van der Waals surface area contributed by atoms with Crippen LogP contribution in [0.4, 0.5) is 0 Å². The molecule has 1 heterocycles. The molecule has 0 bridgehead atoms. The second-order valence-electron chi connectivity index (χ2n) is 5.08. The molecule has 102 valence electrons. The van der Waals surface area contributed by atoms with Gasteiger partial charge in [0.2, 0.25) is 0 Å². The summed E-state index contributed by atoms with van der Waals surface area (Å²) < 4.78 is 2.60. The third-order valence-corrected chi connectivity index (χ3v) is 3.37. The fourth-order valence-corrected chi connectivity index (χ4v) is 2.48. The Kier molecular flexibility index (Phi) is 3.99. The minimum atomic E-state index is -0.834. The Labute approximate surface area is 125 Å². The molecule has 4 nitrogen and oxygen atoms in total. The highest BCUT2D eigenvalue weighted by atomic mass is 79.9. The van der Waals surface area contributed by atoms with E-state index in [1.54, 1.807) is 18.5 Å². The van der Waals surface area contributed by atoms with Crippen molar-refractivity contribution in [2.45, 2.75) is 32.9 Å². The van der Waals surface area contributed by atoms with Crippen molar-refractivity contribution in [2.24, 2.45) is 0 Å². The summed E-state index contributed by atoms with van der Waals surface area (Å²) in [6, 6.07) is 5.58. The molecule has 2 rings (SSSR count). The minimum absolute atomic E-state index is 0.389. The maximum Gasteiger partial charge on any atom is 0.182 e. The molecule has 0 spiro atoms. The Bertz CT molecular complexity index is 604. The van der Waals surface area contributed by atoms with E-state index in [1.807, 2.05) is 25.1 Å². The molecule has 0 saturated carbocycles. The van der Waals surface area contributed by atoms with Gasteiger partial charge in [0, 0.05) is 10.0 Å². The predicted molar refractivity (Wildman–Crippen MR) is 79.2 cm³/mol. The molecule has 0 atom stereocenters. The number of halogens is 2. The van der Waals surface area contributed by atoms with Crippen molar-refractivity contribution in [3.05, 3.63) is 33.5 Å². The highest BCUT2D eigenvalue weighted by Gasteiger charge is 2.18. The van der Waals surface area contributed by atoms with E-state index in [2.05, 4.69) is 26.0 Å². The summed E-state index contributed by atoms with van der Waals surface area (Å²) in [5.41, 5.74) is -0.0540. The van der Waals surface area contributed by atoms with Crippen molar-refractivity contribution in [1.82, 2.24) is 14.8 Å². The summed E-state index contributed by atoms with van der Waals surface area (Å²) in [6.07, 6.45) is 0. The van der Waals surface area contributed by atoms with Crippen LogP contribution >= 0.6 is 27.5 Å². The van der Waals surface area contributed by atoms with Gasteiger partial charge in [-0.2, -0.15) is 5.10 Å². The molecular weight excluding hydrogens is 330 g/mol. The average molecular weight is 345 g/mol. The van der Waals surface area contributed by atoms with Crippen LogP contribution in [0, 0.1) is 6.92 Å². The molecule has 1 aromatic carbocycles. The second kappa shape index (κ2) is 5.23. The maximum absolute atomic E-state index is 9.85. The van der Waals surface area contributed by atoms with Crippen LogP contribution < -0.4 is 0 Å². The van der Waals surface area contributed by atoms with Crippen LogP contribution in [0.1, 0.15) is 19.7 Å². The van der Waals surface area contributed by atoms with E-state index in [4.69, 9.17) is 11.6 Å². The van der Waals surface area contributed by atoms with E-state index in [9.17, 15) is 5.11 Å². The Morgan fingerprint density at radius 1 is 1.42 bits per heavy atom. The largest absolute Gasteiger partial charge is 0.389 e. The van der Waals surface area contributed by atoms with Gasteiger partial charge in [-0.05, 0) is 39.0 Å². The predicted octanol–water partition coefficient (Wildman–Crippen LogP) is 3.44. The fourth-order valence-electron chi connectivity index (χ4n) is 1.72. The lowest BCUT2D eigenvalue weighted by Gasteiger charge is -2.17. The number of hydrogen-bond donors (Lipinski definition) is 1. The zero-order valence-electron chi connectivity index (χ0n) is 11.0. The third kappa shape index (κ3) is 3.55. The number of aromatic nitrogens is 3. The minimum Gasteiger partial charge on any atom is -0.389 e. The second-order valence-corrected chi connectivity index (χ2v) is 6.40. The number of nitrogens with zero attached hydrogens (tertiary/aromatic N) is 3. The highest BCUT2D eigenvalue weighted by molar-refractivity contribution is 9.10. The smallest absolute Gasteiger partial charge is 0.182 e. The Morgan fingerprint density at radius 3 is 2.68 bits per heavy atom. The van der Waals surface area contributed by atoms with Crippen LogP contribution in [0.15, 0.2) is 22.7 Å². The van der Waals surface area contributed by atoms with E-state index < -0.39 is 5.60 Å². The standard InChI is InChI=1S/C13H15BrClN3O/c1-8-16-12(17-18(8)7-13(2,3)19)10-5-4-9(14)6-11(10)15/h4-6,19H,7H2,1-3H3. The van der Waals surface area contributed by atoms with Gasteiger partial charge in [0.1, 0.15) is 5.82 Å². The molecule has 1 aromatic heterocycles. The van der Waals surface area contributed by atoms with Gasteiger partial charge >= 0.3 is 0 Å². The molecule has 0 unspecified atom stereocenters. The van der Waals surface area contributed by atoms with Crippen LogP contribution in [0.3, 0.4) is 0 Å². The normalized spacial score (nSPS) is 11.9. The first-order valence-corrected chi connectivity index (χ1v) is 7.02. The van der Waals surface area contributed by atoms with Crippen LogP contribution in [0.5, 0.6) is 0 Å². The monoisotopic (exact) mass is 343 g/mol. The van der Waals surface area contributed by atoms with Crippen LogP contribution in [-0.2, 0) is 6.54 Å². The molecule has 19 heavy (non-hydrogen) atoms.